The van der Waals surface area contributed by atoms with Gasteiger partial charge in [-0.25, -0.2) is 0 Å². The fraction of sp³-hybridized carbons (Fsp3) is 0.0250. The van der Waals surface area contributed by atoms with Gasteiger partial charge in [0, 0.05) is 27.1 Å². The Kier molecular flexibility index (Phi) is 6.34. The highest BCUT2D eigenvalue weighted by Gasteiger charge is 2.31. The van der Waals surface area contributed by atoms with E-state index in [2.05, 4.69) is 18.2 Å². The van der Waals surface area contributed by atoms with Gasteiger partial charge in [0.25, 0.3) is 0 Å². The highest BCUT2D eigenvalue weighted by Crippen LogP contribution is 2.44. The van der Waals surface area contributed by atoms with Crippen LogP contribution in [0.15, 0.2) is 121 Å². The molecular weight excluding hydrogens is 607 g/mol. The summed E-state index contributed by atoms with van der Waals surface area (Å²) in [4.78, 5) is 0. The lowest BCUT2D eigenvalue weighted by molar-refractivity contribution is -0.137. The Balaban J connectivity index is 1.62. The number of benzene rings is 6. The van der Waals surface area contributed by atoms with Crippen molar-refractivity contribution in [1.82, 2.24) is 9.13 Å². The standard InChI is InChI=1S/C40H20F3N5/c41-40(42,43)28-7-5-6-27(20-28)39-37(47-33-10-3-1-8-29(33)31-14-12-24(21-44)16-35(31)47)18-26(23-46)19-38(39)48-34-11-4-2-9-30(34)32-15-13-25(22-45)17-36(32)48/h1-20H. The summed E-state index contributed by atoms with van der Waals surface area (Å²) in [5, 5.41) is 33.5. The Hall–Kier alpha value is -6.82. The van der Waals surface area contributed by atoms with E-state index in [1.807, 2.05) is 69.8 Å². The Bertz CT molecular complexity index is 2610. The SMILES string of the molecule is N#Cc1cc(-n2c3ccccc3c3ccc(C#N)cc32)c(-c2cccc(C(F)(F)F)c2)c(-n2c3ccccc3c3ccc(C#N)cc32)c1. The zero-order chi connectivity index (χ0) is 33.2. The number of aromatic nitrogens is 2. The molecule has 0 saturated carbocycles. The van der Waals surface area contributed by atoms with Gasteiger partial charge in [0.2, 0.25) is 0 Å². The van der Waals surface area contributed by atoms with E-state index in [-0.39, 0.29) is 11.1 Å². The lowest BCUT2D eigenvalue weighted by Gasteiger charge is -2.21. The van der Waals surface area contributed by atoms with Gasteiger partial charge >= 0.3 is 6.18 Å². The molecule has 8 heteroatoms. The second-order valence-corrected chi connectivity index (χ2v) is 11.5. The minimum atomic E-state index is -4.61. The average Bonchev–Trinajstić information content (AvgIpc) is 3.62. The highest BCUT2D eigenvalue weighted by atomic mass is 19.4. The van der Waals surface area contributed by atoms with Crippen molar-refractivity contribution in [1.29, 1.82) is 15.8 Å². The second-order valence-electron chi connectivity index (χ2n) is 11.5. The molecule has 226 valence electrons. The van der Waals surface area contributed by atoms with Crippen LogP contribution in [0.5, 0.6) is 0 Å². The van der Waals surface area contributed by atoms with Crippen molar-refractivity contribution in [3.8, 4) is 40.7 Å². The van der Waals surface area contributed by atoms with E-state index < -0.39 is 11.7 Å². The first kappa shape index (κ1) is 28.6. The third kappa shape index (κ3) is 4.31. The molecule has 0 bridgehead atoms. The first-order valence-corrected chi connectivity index (χ1v) is 14.9. The van der Waals surface area contributed by atoms with E-state index in [4.69, 9.17) is 0 Å². The van der Waals surface area contributed by atoms with Crippen molar-refractivity contribution < 1.29 is 13.2 Å². The molecule has 6 aromatic carbocycles. The fourth-order valence-corrected chi connectivity index (χ4v) is 6.78. The van der Waals surface area contributed by atoms with Gasteiger partial charge in [0.15, 0.2) is 0 Å². The van der Waals surface area contributed by atoms with Crippen molar-refractivity contribution in [3.05, 3.63) is 144 Å². The molecule has 5 nitrogen and oxygen atoms in total. The summed E-state index contributed by atoms with van der Waals surface area (Å²) >= 11 is 0. The molecule has 0 aliphatic rings. The summed E-state index contributed by atoms with van der Waals surface area (Å²) < 4.78 is 46.5. The second kappa shape index (κ2) is 10.6. The van der Waals surface area contributed by atoms with Crippen LogP contribution in [-0.4, -0.2) is 9.13 Å². The Morgan fingerprint density at radius 2 is 0.938 bits per heavy atom. The highest BCUT2D eigenvalue weighted by molar-refractivity contribution is 6.12. The summed E-state index contributed by atoms with van der Waals surface area (Å²) in [7, 11) is 0. The lowest BCUT2D eigenvalue weighted by atomic mass is 9.96. The van der Waals surface area contributed by atoms with Crippen LogP contribution in [0.25, 0.3) is 66.1 Å². The lowest BCUT2D eigenvalue weighted by Crippen LogP contribution is -2.07. The quantitative estimate of drug-likeness (QED) is 0.195. The molecule has 2 aromatic heterocycles. The van der Waals surface area contributed by atoms with Crippen LogP contribution < -0.4 is 0 Å². The zero-order valence-corrected chi connectivity index (χ0v) is 24.9. The molecule has 0 fully saturated rings. The first-order chi connectivity index (χ1) is 23.3. The third-order valence-corrected chi connectivity index (χ3v) is 8.79. The Morgan fingerprint density at radius 1 is 0.458 bits per heavy atom. The molecule has 0 unspecified atom stereocenters. The van der Waals surface area contributed by atoms with Gasteiger partial charge in [0.05, 0.1) is 73.9 Å². The number of nitriles is 3. The number of alkyl halides is 3. The Morgan fingerprint density at radius 3 is 1.42 bits per heavy atom. The number of halogens is 3. The molecule has 0 saturated heterocycles. The summed E-state index contributed by atoms with van der Waals surface area (Å²) in [6, 6.07) is 41.2. The normalized spacial score (nSPS) is 11.6. The molecule has 0 spiro atoms. The first-order valence-electron chi connectivity index (χ1n) is 14.9. The van der Waals surface area contributed by atoms with E-state index in [0.717, 1.165) is 44.7 Å². The van der Waals surface area contributed by atoms with Crippen LogP contribution in [0.4, 0.5) is 13.2 Å². The Labute approximate surface area is 271 Å². The average molecular weight is 628 g/mol. The fourth-order valence-electron chi connectivity index (χ4n) is 6.78. The molecule has 8 rings (SSSR count). The van der Waals surface area contributed by atoms with Gasteiger partial charge in [-0.3, -0.25) is 0 Å². The van der Waals surface area contributed by atoms with Gasteiger partial charge in [-0.15, -0.1) is 0 Å². The van der Waals surface area contributed by atoms with E-state index >= 15 is 0 Å². The molecule has 0 aliphatic heterocycles. The van der Waals surface area contributed by atoms with E-state index in [1.54, 1.807) is 42.5 Å². The van der Waals surface area contributed by atoms with Crippen LogP contribution >= 0.6 is 0 Å². The maximum atomic E-state index is 14.2. The van der Waals surface area contributed by atoms with Crippen LogP contribution in [0.2, 0.25) is 0 Å². The largest absolute Gasteiger partial charge is 0.416 e. The van der Waals surface area contributed by atoms with Gasteiger partial charge in [-0.1, -0.05) is 60.7 Å². The van der Waals surface area contributed by atoms with E-state index in [9.17, 15) is 29.0 Å². The molecule has 0 radical (unpaired) electrons. The molecule has 48 heavy (non-hydrogen) atoms. The topological polar surface area (TPSA) is 81.2 Å². The predicted octanol–water partition coefficient (Wildman–Crippen LogP) is 10.2. The summed E-state index contributed by atoms with van der Waals surface area (Å²) in [5.41, 5.74) is 4.78. The molecule has 0 aliphatic carbocycles. The predicted molar refractivity (Wildman–Crippen MR) is 180 cm³/mol. The van der Waals surface area contributed by atoms with Crippen molar-refractivity contribution >= 4 is 43.6 Å². The van der Waals surface area contributed by atoms with Gasteiger partial charge in [0.1, 0.15) is 0 Å². The van der Waals surface area contributed by atoms with Gasteiger partial charge in [-0.05, 0) is 66.2 Å². The summed E-state index contributed by atoms with van der Waals surface area (Å²) in [6.07, 6.45) is -4.61. The summed E-state index contributed by atoms with van der Waals surface area (Å²) in [6.45, 7) is 0. The number of hydrogen-bond acceptors (Lipinski definition) is 3. The third-order valence-electron chi connectivity index (χ3n) is 8.79. The van der Waals surface area contributed by atoms with Crippen LogP contribution in [-0.2, 0) is 6.18 Å². The van der Waals surface area contributed by atoms with Crippen molar-refractivity contribution in [2.45, 2.75) is 6.18 Å². The smallest absolute Gasteiger partial charge is 0.308 e. The van der Waals surface area contributed by atoms with Crippen molar-refractivity contribution in [2.24, 2.45) is 0 Å². The van der Waals surface area contributed by atoms with Crippen LogP contribution in [0, 0.1) is 34.0 Å². The maximum Gasteiger partial charge on any atom is 0.416 e. The number of hydrogen-bond donors (Lipinski definition) is 0. The number of fused-ring (bicyclic) bond motifs is 6. The maximum absolute atomic E-state index is 14.2. The van der Waals surface area contributed by atoms with Crippen molar-refractivity contribution in [3.63, 3.8) is 0 Å². The van der Waals surface area contributed by atoms with Crippen LogP contribution in [0.1, 0.15) is 22.3 Å². The van der Waals surface area contributed by atoms with Crippen LogP contribution in [0.3, 0.4) is 0 Å². The number of nitrogens with zero attached hydrogens (tertiary/aromatic N) is 5. The minimum absolute atomic E-state index is 0.278. The minimum Gasteiger partial charge on any atom is -0.308 e. The molecule has 0 N–H and O–H groups in total. The molecular formula is C40H20F3N5. The van der Waals surface area contributed by atoms with Crippen molar-refractivity contribution in [2.75, 3.05) is 0 Å². The van der Waals surface area contributed by atoms with E-state index in [1.165, 1.54) is 6.07 Å². The van der Waals surface area contributed by atoms with E-state index in [0.29, 0.717) is 39.1 Å². The van der Waals surface area contributed by atoms with Gasteiger partial charge in [-0.2, -0.15) is 29.0 Å². The zero-order valence-electron chi connectivity index (χ0n) is 24.9. The number of rotatable bonds is 3. The molecule has 2 heterocycles. The number of para-hydroxylation sites is 2. The summed E-state index contributed by atoms with van der Waals surface area (Å²) in [5.74, 6) is 0. The van der Waals surface area contributed by atoms with Gasteiger partial charge < -0.3 is 9.13 Å². The molecule has 0 amide bonds. The molecule has 8 aromatic rings. The monoisotopic (exact) mass is 627 g/mol. The molecule has 0 atom stereocenters.